The third kappa shape index (κ3) is 3.96. The summed E-state index contributed by atoms with van der Waals surface area (Å²) in [6.07, 6.45) is 3.65. The summed E-state index contributed by atoms with van der Waals surface area (Å²) in [5.41, 5.74) is 0.984. The van der Waals surface area contributed by atoms with Crippen molar-refractivity contribution in [3.05, 3.63) is 34.4 Å². The maximum atomic E-state index is 5.28. The molecular formula is C12H17BrN4O. The molecule has 2 rings (SSSR count). The number of halogens is 1. The maximum absolute atomic E-state index is 5.28. The molecule has 18 heavy (non-hydrogen) atoms. The van der Waals surface area contributed by atoms with Crippen LogP contribution in [0.5, 0.6) is 0 Å². The van der Waals surface area contributed by atoms with Gasteiger partial charge in [-0.3, -0.25) is 4.68 Å². The van der Waals surface area contributed by atoms with Crippen molar-refractivity contribution < 1.29 is 4.52 Å². The van der Waals surface area contributed by atoms with E-state index in [1.807, 2.05) is 12.3 Å². The lowest BCUT2D eigenvalue weighted by molar-refractivity contribution is 0.357. The number of rotatable bonds is 4. The third-order valence-electron chi connectivity index (χ3n) is 2.33. The van der Waals surface area contributed by atoms with Crippen LogP contribution in [0.15, 0.2) is 27.5 Å². The molecule has 1 N–H and O–H groups in total. The van der Waals surface area contributed by atoms with Crippen LogP contribution in [0.25, 0.3) is 0 Å². The molecule has 0 bridgehead atoms. The highest BCUT2D eigenvalue weighted by Gasteiger charge is 2.11. The summed E-state index contributed by atoms with van der Waals surface area (Å²) < 4.78 is 8.03. The predicted octanol–water partition coefficient (Wildman–Crippen LogP) is 2.57. The first kappa shape index (κ1) is 13.3. The molecule has 6 heteroatoms. The van der Waals surface area contributed by atoms with Crippen molar-refractivity contribution in [1.29, 1.82) is 0 Å². The molecule has 0 fully saturated rings. The Balaban J connectivity index is 1.94. The van der Waals surface area contributed by atoms with Gasteiger partial charge in [-0.05, 0) is 36.7 Å². The molecule has 0 atom stereocenters. The second-order valence-corrected chi connectivity index (χ2v) is 6.16. The van der Waals surface area contributed by atoms with Crippen LogP contribution < -0.4 is 5.32 Å². The summed E-state index contributed by atoms with van der Waals surface area (Å²) in [6, 6.07) is 1.95. The van der Waals surface area contributed by atoms with Crippen molar-refractivity contribution in [2.24, 2.45) is 0 Å². The summed E-state index contributed by atoms with van der Waals surface area (Å²) >= 11 is 3.36. The van der Waals surface area contributed by atoms with Crippen LogP contribution in [0.1, 0.15) is 32.2 Å². The molecule has 5 nitrogen and oxygen atoms in total. The van der Waals surface area contributed by atoms with Crippen molar-refractivity contribution in [2.75, 3.05) is 0 Å². The molecule has 2 heterocycles. The van der Waals surface area contributed by atoms with Gasteiger partial charge < -0.3 is 9.84 Å². The zero-order chi connectivity index (χ0) is 13.2. The van der Waals surface area contributed by atoms with E-state index < -0.39 is 0 Å². The summed E-state index contributed by atoms with van der Waals surface area (Å²) in [5, 5.41) is 11.6. The molecule has 0 saturated heterocycles. The maximum Gasteiger partial charge on any atom is 0.158 e. The van der Waals surface area contributed by atoms with Crippen LogP contribution in [-0.2, 0) is 13.1 Å². The summed E-state index contributed by atoms with van der Waals surface area (Å²) in [7, 11) is 0. The molecule has 0 spiro atoms. The normalized spacial score (nSPS) is 12.0. The Bertz CT molecular complexity index is 512. The minimum Gasteiger partial charge on any atom is -0.359 e. The Labute approximate surface area is 115 Å². The fraction of sp³-hybridized carbons (Fsp3) is 0.500. The molecule has 0 aliphatic rings. The highest BCUT2D eigenvalue weighted by Crippen LogP contribution is 2.10. The monoisotopic (exact) mass is 312 g/mol. The van der Waals surface area contributed by atoms with E-state index in [4.69, 9.17) is 4.52 Å². The lowest BCUT2D eigenvalue weighted by Crippen LogP contribution is -2.35. The third-order valence-corrected chi connectivity index (χ3v) is 2.74. The molecule has 2 aromatic heterocycles. The van der Waals surface area contributed by atoms with Crippen molar-refractivity contribution >= 4 is 15.9 Å². The van der Waals surface area contributed by atoms with E-state index in [2.05, 4.69) is 52.3 Å². The number of hydrogen-bond acceptors (Lipinski definition) is 4. The lowest BCUT2D eigenvalue weighted by atomic mass is 10.1. The van der Waals surface area contributed by atoms with Crippen LogP contribution in [-0.4, -0.2) is 20.5 Å². The molecule has 0 aliphatic carbocycles. The van der Waals surface area contributed by atoms with E-state index in [1.165, 1.54) is 0 Å². The van der Waals surface area contributed by atoms with Gasteiger partial charge in [-0.1, -0.05) is 5.16 Å². The average molecular weight is 313 g/mol. The van der Waals surface area contributed by atoms with Gasteiger partial charge in [0.2, 0.25) is 0 Å². The lowest BCUT2D eigenvalue weighted by Gasteiger charge is -2.19. The first-order chi connectivity index (χ1) is 8.42. The molecule has 0 unspecified atom stereocenters. The van der Waals surface area contributed by atoms with Gasteiger partial charge >= 0.3 is 0 Å². The molecule has 98 valence electrons. The first-order valence-corrected chi connectivity index (χ1v) is 6.59. The number of hydrogen-bond donors (Lipinski definition) is 1. The van der Waals surface area contributed by atoms with E-state index >= 15 is 0 Å². The van der Waals surface area contributed by atoms with Crippen molar-refractivity contribution in [3.8, 4) is 0 Å². The molecule has 0 aromatic carbocycles. The zero-order valence-electron chi connectivity index (χ0n) is 10.8. The smallest absolute Gasteiger partial charge is 0.158 e. The molecule has 2 aromatic rings. The van der Waals surface area contributed by atoms with Crippen molar-refractivity contribution in [2.45, 2.75) is 39.4 Å². The second kappa shape index (κ2) is 5.24. The minimum atomic E-state index is 0.0754. The Kier molecular flexibility index (Phi) is 3.87. The number of nitrogens with one attached hydrogen (secondary N) is 1. The van der Waals surface area contributed by atoms with Crippen LogP contribution in [0.3, 0.4) is 0 Å². The van der Waals surface area contributed by atoms with Gasteiger partial charge in [0.15, 0.2) is 5.76 Å². The van der Waals surface area contributed by atoms with E-state index in [0.717, 1.165) is 15.9 Å². The molecule has 0 saturated carbocycles. The standard InChI is InChI=1S/C12H17BrN4O/c1-12(2,3)14-6-10-4-11(18-16-10)8-17-7-9(13)5-15-17/h4-5,7,14H,6,8H2,1-3H3. The minimum absolute atomic E-state index is 0.0754. The van der Waals surface area contributed by atoms with Crippen molar-refractivity contribution in [1.82, 2.24) is 20.3 Å². The van der Waals surface area contributed by atoms with Gasteiger partial charge in [0.05, 0.1) is 16.4 Å². The van der Waals surface area contributed by atoms with E-state index in [0.29, 0.717) is 13.1 Å². The molecular weight excluding hydrogens is 296 g/mol. The SMILES string of the molecule is CC(C)(C)NCc1cc(Cn2cc(Br)cn2)on1. The fourth-order valence-corrected chi connectivity index (χ4v) is 1.78. The Hall–Kier alpha value is -1.14. The Morgan fingerprint density at radius 1 is 1.44 bits per heavy atom. The summed E-state index contributed by atoms with van der Waals surface area (Å²) in [4.78, 5) is 0. The average Bonchev–Trinajstić information content (AvgIpc) is 2.85. The van der Waals surface area contributed by atoms with Gasteiger partial charge in [-0.2, -0.15) is 5.10 Å². The van der Waals surface area contributed by atoms with Crippen molar-refractivity contribution in [3.63, 3.8) is 0 Å². The number of nitrogens with zero attached hydrogens (tertiary/aromatic N) is 3. The van der Waals surface area contributed by atoms with Gasteiger partial charge in [-0.25, -0.2) is 0 Å². The highest BCUT2D eigenvalue weighted by molar-refractivity contribution is 9.10. The summed E-state index contributed by atoms with van der Waals surface area (Å²) in [6.45, 7) is 7.66. The number of aromatic nitrogens is 3. The highest BCUT2D eigenvalue weighted by atomic mass is 79.9. The van der Waals surface area contributed by atoms with Crippen LogP contribution >= 0.6 is 15.9 Å². The molecule has 0 radical (unpaired) electrons. The van der Waals surface area contributed by atoms with Crippen LogP contribution in [0.4, 0.5) is 0 Å². The molecule has 0 amide bonds. The van der Waals surface area contributed by atoms with Crippen LogP contribution in [0, 0.1) is 0 Å². The van der Waals surface area contributed by atoms with Gasteiger partial charge in [0.1, 0.15) is 6.54 Å². The zero-order valence-corrected chi connectivity index (χ0v) is 12.4. The molecule has 0 aliphatic heterocycles. The van der Waals surface area contributed by atoms with Crippen LogP contribution in [0.2, 0.25) is 0 Å². The van der Waals surface area contributed by atoms with E-state index in [9.17, 15) is 0 Å². The Morgan fingerprint density at radius 3 is 2.83 bits per heavy atom. The van der Waals surface area contributed by atoms with E-state index in [1.54, 1.807) is 10.9 Å². The first-order valence-electron chi connectivity index (χ1n) is 5.80. The van der Waals surface area contributed by atoms with Gasteiger partial charge in [0, 0.05) is 24.3 Å². The quantitative estimate of drug-likeness (QED) is 0.942. The predicted molar refractivity (Wildman–Crippen MR) is 72.1 cm³/mol. The fourth-order valence-electron chi connectivity index (χ4n) is 1.45. The van der Waals surface area contributed by atoms with Gasteiger partial charge in [0.25, 0.3) is 0 Å². The van der Waals surface area contributed by atoms with E-state index in [-0.39, 0.29) is 5.54 Å². The summed E-state index contributed by atoms with van der Waals surface area (Å²) in [5.74, 6) is 0.802. The topological polar surface area (TPSA) is 55.9 Å². The van der Waals surface area contributed by atoms with Gasteiger partial charge in [-0.15, -0.1) is 0 Å². The largest absolute Gasteiger partial charge is 0.359 e. The Morgan fingerprint density at radius 2 is 2.22 bits per heavy atom. The second-order valence-electron chi connectivity index (χ2n) is 5.24.